The molecule has 1 saturated heterocycles. The molecule has 2 atom stereocenters. The number of carboxylic acid groups (broad SMARTS) is 1. The van der Waals surface area contributed by atoms with E-state index in [-0.39, 0.29) is 24.8 Å². The molecule has 1 aliphatic heterocycles. The Labute approximate surface area is 147 Å². The van der Waals surface area contributed by atoms with E-state index in [0.717, 1.165) is 4.96 Å². The van der Waals surface area contributed by atoms with Gasteiger partial charge in [0, 0.05) is 48.7 Å². The molecule has 1 amide bonds. The summed E-state index contributed by atoms with van der Waals surface area (Å²) in [6.07, 6.45) is 5.56. The highest BCUT2D eigenvalue weighted by Crippen LogP contribution is 2.32. The Balaban J connectivity index is 1.51. The molecule has 8 heteroatoms. The zero-order valence-corrected chi connectivity index (χ0v) is 14.1. The van der Waals surface area contributed by atoms with E-state index >= 15 is 0 Å². The SMILES string of the molecule is O=C(O)[C@@H]1CN(C(=O)Cc2cn3ccsc3n2)C[C@H]1c1ccccn1. The number of hydrogen-bond acceptors (Lipinski definition) is 5. The highest BCUT2D eigenvalue weighted by atomic mass is 32.1. The minimum absolute atomic E-state index is 0.101. The lowest BCUT2D eigenvalue weighted by Gasteiger charge is -2.15. The number of aromatic nitrogens is 3. The van der Waals surface area contributed by atoms with E-state index in [1.165, 1.54) is 11.3 Å². The summed E-state index contributed by atoms with van der Waals surface area (Å²) in [6.45, 7) is 0.576. The van der Waals surface area contributed by atoms with Gasteiger partial charge in [-0.2, -0.15) is 0 Å². The third-order valence-corrected chi connectivity index (χ3v) is 5.30. The number of likely N-dealkylation sites (tertiary alicyclic amines) is 1. The number of hydrogen-bond donors (Lipinski definition) is 1. The maximum absolute atomic E-state index is 12.6. The zero-order chi connectivity index (χ0) is 17.4. The van der Waals surface area contributed by atoms with Crippen LogP contribution in [0.3, 0.4) is 0 Å². The number of carbonyl (C=O) groups excluding carboxylic acids is 1. The summed E-state index contributed by atoms with van der Waals surface area (Å²) in [5.74, 6) is -1.92. The molecule has 0 bridgehead atoms. The van der Waals surface area contributed by atoms with Crippen LogP contribution in [-0.4, -0.2) is 49.3 Å². The van der Waals surface area contributed by atoms with E-state index in [4.69, 9.17) is 0 Å². The highest BCUT2D eigenvalue weighted by molar-refractivity contribution is 7.15. The van der Waals surface area contributed by atoms with Crippen LogP contribution in [0.2, 0.25) is 0 Å². The van der Waals surface area contributed by atoms with Gasteiger partial charge in [0.1, 0.15) is 0 Å². The molecule has 1 aliphatic rings. The fraction of sp³-hybridized carbons (Fsp3) is 0.294. The summed E-state index contributed by atoms with van der Waals surface area (Å²) < 4.78 is 1.88. The van der Waals surface area contributed by atoms with Crippen molar-refractivity contribution in [3.05, 3.63) is 53.6 Å². The first-order chi connectivity index (χ1) is 12.1. The second-order valence-electron chi connectivity index (χ2n) is 6.11. The molecule has 3 aromatic heterocycles. The molecule has 1 N–H and O–H groups in total. The number of imidazole rings is 1. The minimum atomic E-state index is -0.895. The van der Waals surface area contributed by atoms with Crippen molar-refractivity contribution in [2.45, 2.75) is 12.3 Å². The lowest BCUT2D eigenvalue weighted by atomic mass is 9.93. The van der Waals surface area contributed by atoms with Crippen LogP contribution in [0.4, 0.5) is 0 Å². The van der Waals surface area contributed by atoms with E-state index in [0.29, 0.717) is 17.9 Å². The van der Waals surface area contributed by atoms with Gasteiger partial charge in [0.25, 0.3) is 0 Å². The fourth-order valence-electron chi connectivity index (χ4n) is 3.28. The van der Waals surface area contributed by atoms with E-state index in [9.17, 15) is 14.7 Å². The summed E-state index contributed by atoms with van der Waals surface area (Å²) in [5, 5.41) is 11.5. The Morgan fingerprint density at radius 1 is 1.32 bits per heavy atom. The van der Waals surface area contributed by atoms with Crippen molar-refractivity contribution < 1.29 is 14.7 Å². The average Bonchev–Trinajstić information content (AvgIpc) is 3.29. The van der Waals surface area contributed by atoms with Crippen molar-refractivity contribution in [3.63, 3.8) is 0 Å². The Bertz CT molecular complexity index is 892. The van der Waals surface area contributed by atoms with Gasteiger partial charge in [-0.3, -0.25) is 19.0 Å². The Morgan fingerprint density at radius 2 is 2.20 bits per heavy atom. The third kappa shape index (κ3) is 3.00. The maximum atomic E-state index is 12.6. The van der Waals surface area contributed by atoms with Crippen LogP contribution in [0.5, 0.6) is 0 Å². The van der Waals surface area contributed by atoms with Crippen LogP contribution in [-0.2, 0) is 16.0 Å². The van der Waals surface area contributed by atoms with Gasteiger partial charge in [-0.1, -0.05) is 6.07 Å². The molecule has 128 valence electrons. The van der Waals surface area contributed by atoms with Crippen molar-refractivity contribution in [1.29, 1.82) is 0 Å². The Hall–Kier alpha value is -2.74. The van der Waals surface area contributed by atoms with Gasteiger partial charge in [0.15, 0.2) is 4.96 Å². The largest absolute Gasteiger partial charge is 0.481 e. The lowest BCUT2D eigenvalue weighted by Crippen LogP contribution is -2.31. The summed E-state index contributed by atoms with van der Waals surface area (Å²) in [4.78, 5) is 35.4. The second kappa shape index (κ2) is 6.29. The summed E-state index contributed by atoms with van der Waals surface area (Å²) in [7, 11) is 0. The van der Waals surface area contributed by atoms with Gasteiger partial charge in [-0.25, -0.2) is 4.98 Å². The van der Waals surface area contributed by atoms with Gasteiger partial charge in [0.05, 0.1) is 18.0 Å². The summed E-state index contributed by atoms with van der Waals surface area (Å²) in [5.41, 5.74) is 1.41. The first kappa shape index (κ1) is 15.8. The number of amides is 1. The molecule has 0 unspecified atom stereocenters. The molecule has 3 aromatic rings. The van der Waals surface area contributed by atoms with E-state index < -0.39 is 11.9 Å². The van der Waals surface area contributed by atoms with Crippen LogP contribution in [0.15, 0.2) is 42.2 Å². The normalized spacial score (nSPS) is 20.2. The predicted octanol–water partition coefficient (Wildman–Crippen LogP) is 1.66. The molecule has 0 radical (unpaired) electrons. The van der Waals surface area contributed by atoms with Crippen molar-refractivity contribution >= 4 is 28.2 Å². The van der Waals surface area contributed by atoms with Crippen molar-refractivity contribution in [2.75, 3.05) is 13.1 Å². The summed E-state index contributed by atoms with van der Waals surface area (Å²) >= 11 is 1.51. The first-order valence-corrected chi connectivity index (χ1v) is 8.82. The number of rotatable bonds is 4. The molecule has 0 aliphatic carbocycles. The molecule has 4 heterocycles. The van der Waals surface area contributed by atoms with Crippen molar-refractivity contribution in [2.24, 2.45) is 5.92 Å². The number of carboxylic acids is 1. The average molecular weight is 356 g/mol. The van der Waals surface area contributed by atoms with Crippen LogP contribution in [0.1, 0.15) is 17.3 Å². The molecule has 0 saturated carbocycles. The van der Waals surface area contributed by atoms with Crippen LogP contribution >= 0.6 is 11.3 Å². The molecular formula is C17H16N4O3S. The number of carbonyl (C=O) groups is 2. The monoisotopic (exact) mass is 356 g/mol. The van der Waals surface area contributed by atoms with E-state index in [2.05, 4.69) is 9.97 Å². The van der Waals surface area contributed by atoms with Crippen molar-refractivity contribution in [1.82, 2.24) is 19.3 Å². The number of pyridine rings is 1. The Morgan fingerprint density at radius 3 is 2.92 bits per heavy atom. The van der Waals surface area contributed by atoms with Gasteiger partial charge in [0.2, 0.25) is 5.91 Å². The molecule has 1 fully saturated rings. The molecule has 0 aromatic carbocycles. The second-order valence-corrected chi connectivity index (χ2v) is 6.98. The molecule has 25 heavy (non-hydrogen) atoms. The molecule has 0 spiro atoms. The molecular weight excluding hydrogens is 340 g/mol. The molecule has 7 nitrogen and oxygen atoms in total. The summed E-state index contributed by atoms with van der Waals surface area (Å²) in [6, 6.07) is 5.45. The third-order valence-electron chi connectivity index (χ3n) is 4.53. The van der Waals surface area contributed by atoms with Gasteiger partial charge in [-0.15, -0.1) is 11.3 Å². The lowest BCUT2D eigenvalue weighted by molar-refractivity contribution is -0.141. The highest BCUT2D eigenvalue weighted by Gasteiger charge is 2.41. The van der Waals surface area contributed by atoms with Gasteiger partial charge in [-0.05, 0) is 12.1 Å². The topological polar surface area (TPSA) is 87.8 Å². The maximum Gasteiger partial charge on any atom is 0.309 e. The standard InChI is InChI=1S/C17H16N4O3S/c22-15(7-11-8-20-5-6-25-17(20)19-11)21-9-12(13(10-21)16(23)24)14-3-1-2-4-18-14/h1-6,8,12-13H,7,9-10H2,(H,23,24)/t12-,13-/m1/s1. The number of aliphatic carboxylic acids is 1. The van der Waals surface area contributed by atoms with Crippen LogP contribution in [0.25, 0.3) is 4.96 Å². The van der Waals surface area contributed by atoms with Gasteiger partial charge < -0.3 is 10.0 Å². The van der Waals surface area contributed by atoms with Crippen LogP contribution in [0, 0.1) is 5.92 Å². The number of fused-ring (bicyclic) bond motifs is 1. The smallest absolute Gasteiger partial charge is 0.309 e. The molecule has 4 rings (SSSR count). The first-order valence-electron chi connectivity index (χ1n) is 7.94. The minimum Gasteiger partial charge on any atom is -0.481 e. The quantitative estimate of drug-likeness (QED) is 0.768. The van der Waals surface area contributed by atoms with Crippen molar-refractivity contribution in [3.8, 4) is 0 Å². The fourth-order valence-corrected chi connectivity index (χ4v) is 4.00. The van der Waals surface area contributed by atoms with E-state index in [1.807, 2.05) is 34.3 Å². The zero-order valence-electron chi connectivity index (χ0n) is 13.3. The number of thiazole rings is 1. The predicted molar refractivity (Wildman–Crippen MR) is 91.5 cm³/mol. The number of nitrogens with zero attached hydrogens (tertiary/aromatic N) is 4. The van der Waals surface area contributed by atoms with E-state index in [1.54, 1.807) is 17.2 Å². The van der Waals surface area contributed by atoms with Crippen LogP contribution < -0.4 is 0 Å². The Kier molecular flexibility index (Phi) is 3.96. The van der Waals surface area contributed by atoms with Gasteiger partial charge >= 0.3 is 5.97 Å².